The van der Waals surface area contributed by atoms with E-state index < -0.39 is 10.8 Å². The zero-order valence-electron chi connectivity index (χ0n) is 12.0. The summed E-state index contributed by atoms with van der Waals surface area (Å²) in [5, 5.41) is 22.3. The Morgan fingerprint density at radius 1 is 1.33 bits per heavy atom. The molecule has 1 rings (SSSR count). The highest BCUT2D eigenvalue weighted by atomic mass is 16.6. The number of benzene rings is 1. The Morgan fingerprint density at radius 3 is 2.67 bits per heavy atom. The smallest absolute Gasteiger partial charge is 0.311 e. The van der Waals surface area contributed by atoms with Crippen molar-refractivity contribution < 1.29 is 19.6 Å². The van der Waals surface area contributed by atoms with E-state index in [0.29, 0.717) is 6.54 Å². The number of unbranched alkanes of at least 4 members (excludes halogenated alkanes) is 3. The molecule has 0 radical (unpaired) electrons. The molecule has 0 aliphatic heterocycles. The lowest BCUT2D eigenvalue weighted by molar-refractivity contribution is -0.385. The molecule has 7 nitrogen and oxygen atoms in total. The Balaban J connectivity index is 2.62. The van der Waals surface area contributed by atoms with Crippen LogP contribution >= 0.6 is 0 Å². The van der Waals surface area contributed by atoms with Gasteiger partial charge in [0.15, 0.2) is 0 Å². The minimum atomic E-state index is -0.579. The summed E-state index contributed by atoms with van der Waals surface area (Å²) in [6.07, 6.45) is 3.37. The van der Waals surface area contributed by atoms with Crippen molar-refractivity contribution in [2.75, 3.05) is 20.3 Å². The highest BCUT2D eigenvalue weighted by Gasteiger charge is 2.22. The summed E-state index contributed by atoms with van der Waals surface area (Å²) in [6.45, 7) is 0.660. The van der Waals surface area contributed by atoms with Crippen LogP contribution < -0.4 is 10.1 Å². The summed E-state index contributed by atoms with van der Waals surface area (Å²) in [7, 11) is 1.30. The number of amides is 1. The number of carbonyl (C=O) groups is 1. The molecule has 0 saturated carbocycles. The topological polar surface area (TPSA) is 102 Å². The molecule has 0 aliphatic carbocycles. The molecule has 1 aromatic rings. The number of nitro benzene ring substituents is 1. The first-order valence-electron chi connectivity index (χ1n) is 6.82. The predicted octanol–water partition coefficient (Wildman–Crippen LogP) is 1.89. The van der Waals surface area contributed by atoms with Crippen LogP contribution in [0.4, 0.5) is 5.69 Å². The molecule has 0 spiro atoms. The first-order valence-corrected chi connectivity index (χ1v) is 6.82. The number of ether oxygens (including phenoxy) is 1. The van der Waals surface area contributed by atoms with E-state index in [9.17, 15) is 14.9 Å². The molecule has 1 aromatic carbocycles. The summed E-state index contributed by atoms with van der Waals surface area (Å²) < 4.78 is 4.99. The van der Waals surface area contributed by atoms with E-state index in [4.69, 9.17) is 9.84 Å². The second-order valence-corrected chi connectivity index (χ2v) is 4.51. The first-order chi connectivity index (χ1) is 10.1. The number of nitrogens with one attached hydrogen (secondary N) is 1. The van der Waals surface area contributed by atoms with Crippen molar-refractivity contribution in [3.8, 4) is 5.75 Å². The van der Waals surface area contributed by atoms with Gasteiger partial charge in [0.25, 0.3) is 5.91 Å². The molecule has 0 unspecified atom stereocenters. The fourth-order valence-corrected chi connectivity index (χ4v) is 1.95. The van der Waals surface area contributed by atoms with Crippen molar-refractivity contribution in [2.24, 2.45) is 0 Å². The van der Waals surface area contributed by atoms with Crippen LogP contribution in [0.5, 0.6) is 5.75 Å². The Bertz CT molecular complexity index is 490. The van der Waals surface area contributed by atoms with E-state index in [-0.39, 0.29) is 23.6 Å². The maximum atomic E-state index is 12.0. The van der Waals surface area contributed by atoms with Crippen LogP contribution in [0.25, 0.3) is 0 Å². The Hall–Kier alpha value is -2.15. The monoisotopic (exact) mass is 296 g/mol. The largest absolute Gasteiger partial charge is 0.490 e. The molecule has 0 atom stereocenters. The van der Waals surface area contributed by atoms with Gasteiger partial charge in [-0.2, -0.15) is 0 Å². The maximum absolute atomic E-state index is 12.0. The molecule has 0 bridgehead atoms. The third kappa shape index (κ3) is 5.03. The molecule has 0 aliphatic rings. The highest BCUT2D eigenvalue weighted by molar-refractivity contribution is 5.98. The second kappa shape index (κ2) is 8.91. The number of hydrogen-bond acceptors (Lipinski definition) is 5. The Labute approximate surface area is 123 Å². The van der Waals surface area contributed by atoms with Crippen LogP contribution in [0, 0.1) is 10.1 Å². The molecular formula is C14H20N2O5. The zero-order valence-corrected chi connectivity index (χ0v) is 12.0. The highest BCUT2D eigenvalue weighted by Crippen LogP contribution is 2.30. The lowest BCUT2D eigenvalue weighted by atomic mass is 10.1. The molecule has 0 fully saturated rings. The number of aliphatic hydroxyl groups excluding tert-OH is 1. The van der Waals surface area contributed by atoms with Crippen molar-refractivity contribution in [1.29, 1.82) is 0 Å². The van der Waals surface area contributed by atoms with Gasteiger partial charge in [-0.25, -0.2) is 0 Å². The van der Waals surface area contributed by atoms with E-state index in [1.54, 1.807) is 0 Å². The number of nitro groups is 1. The van der Waals surface area contributed by atoms with Gasteiger partial charge >= 0.3 is 5.69 Å². The second-order valence-electron chi connectivity index (χ2n) is 4.51. The number of rotatable bonds is 9. The maximum Gasteiger partial charge on any atom is 0.311 e. The van der Waals surface area contributed by atoms with Gasteiger partial charge in [-0.3, -0.25) is 14.9 Å². The van der Waals surface area contributed by atoms with Gasteiger partial charge < -0.3 is 15.2 Å². The lowest BCUT2D eigenvalue weighted by Gasteiger charge is -2.09. The third-order valence-corrected chi connectivity index (χ3v) is 3.01. The summed E-state index contributed by atoms with van der Waals surface area (Å²) >= 11 is 0. The molecule has 21 heavy (non-hydrogen) atoms. The molecule has 0 saturated heterocycles. The van der Waals surface area contributed by atoms with Crippen molar-refractivity contribution in [2.45, 2.75) is 25.7 Å². The number of para-hydroxylation sites is 1. The van der Waals surface area contributed by atoms with E-state index in [0.717, 1.165) is 25.7 Å². The standard InChI is InChI=1S/C14H20N2O5/c1-21-13-11(7-6-8-12(13)16(19)20)14(18)15-9-4-2-3-5-10-17/h6-8,17H,2-5,9-10H2,1H3,(H,15,18). The molecule has 0 aromatic heterocycles. The number of carbonyl (C=O) groups excluding carboxylic acids is 1. The lowest BCUT2D eigenvalue weighted by Crippen LogP contribution is -2.25. The summed E-state index contributed by atoms with van der Waals surface area (Å²) in [5.41, 5.74) is -0.0739. The summed E-state index contributed by atoms with van der Waals surface area (Å²) in [5.74, 6) is -0.419. The van der Waals surface area contributed by atoms with Crippen LogP contribution in [-0.4, -0.2) is 36.2 Å². The fourth-order valence-electron chi connectivity index (χ4n) is 1.95. The summed E-state index contributed by atoms with van der Waals surface area (Å²) in [6, 6.07) is 4.24. The molecule has 116 valence electrons. The van der Waals surface area contributed by atoms with Crippen molar-refractivity contribution in [1.82, 2.24) is 5.32 Å². The van der Waals surface area contributed by atoms with E-state index >= 15 is 0 Å². The van der Waals surface area contributed by atoms with Gasteiger partial charge in [0.2, 0.25) is 5.75 Å². The van der Waals surface area contributed by atoms with Crippen LogP contribution in [0.3, 0.4) is 0 Å². The molecule has 0 heterocycles. The van der Waals surface area contributed by atoms with Crippen LogP contribution in [0.2, 0.25) is 0 Å². The SMILES string of the molecule is COc1c(C(=O)NCCCCCCO)cccc1[N+](=O)[O-]. The van der Waals surface area contributed by atoms with Crippen LogP contribution in [0.1, 0.15) is 36.0 Å². The molecule has 2 N–H and O–H groups in total. The predicted molar refractivity (Wildman–Crippen MR) is 77.5 cm³/mol. The molecule has 7 heteroatoms. The fraction of sp³-hybridized carbons (Fsp3) is 0.500. The number of methoxy groups -OCH3 is 1. The summed E-state index contributed by atoms with van der Waals surface area (Å²) in [4.78, 5) is 22.3. The quantitative estimate of drug-likeness (QED) is 0.411. The van der Waals surface area contributed by atoms with Gasteiger partial charge in [0, 0.05) is 19.2 Å². The first kappa shape index (κ1) is 16.9. The van der Waals surface area contributed by atoms with Gasteiger partial charge in [0.05, 0.1) is 17.6 Å². The average molecular weight is 296 g/mol. The Kier molecular flexibility index (Phi) is 7.17. The normalized spacial score (nSPS) is 10.2. The van der Waals surface area contributed by atoms with Gasteiger partial charge in [-0.15, -0.1) is 0 Å². The minimum Gasteiger partial charge on any atom is -0.490 e. The van der Waals surface area contributed by atoms with E-state index in [1.807, 2.05) is 0 Å². The molecule has 1 amide bonds. The van der Waals surface area contributed by atoms with Gasteiger partial charge in [0.1, 0.15) is 0 Å². The van der Waals surface area contributed by atoms with Gasteiger partial charge in [-0.05, 0) is 18.9 Å². The van der Waals surface area contributed by atoms with E-state index in [1.165, 1.54) is 25.3 Å². The van der Waals surface area contributed by atoms with E-state index in [2.05, 4.69) is 5.32 Å². The third-order valence-electron chi connectivity index (χ3n) is 3.01. The van der Waals surface area contributed by atoms with Crippen molar-refractivity contribution >= 4 is 11.6 Å². The van der Waals surface area contributed by atoms with Crippen molar-refractivity contribution in [3.05, 3.63) is 33.9 Å². The van der Waals surface area contributed by atoms with Crippen LogP contribution in [-0.2, 0) is 0 Å². The van der Waals surface area contributed by atoms with Crippen molar-refractivity contribution in [3.63, 3.8) is 0 Å². The average Bonchev–Trinajstić information content (AvgIpc) is 2.49. The Morgan fingerprint density at radius 2 is 2.05 bits per heavy atom. The van der Waals surface area contributed by atoms with Gasteiger partial charge in [-0.1, -0.05) is 18.9 Å². The molecular weight excluding hydrogens is 276 g/mol. The minimum absolute atomic E-state index is 0.0275. The number of hydrogen-bond donors (Lipinski definition) is 2. The zero-order chi connectivity index (χ0) is 15.7. The van der Waals surface area contributed by atoms with Crippen LogP contribution in [0.15, 0.2) is 18.2 Å². The number of nitrogens with zero attached hydrogens (tertiary/aromatic N) is 1. The number of aliphatic hydroxyl groups is 1.